The average Bonchev–Trinajstić information content (AvgIpc) is 2.61. The van der Waals surface area contributed by atoms with Gasteiger partial charge in [0, 0.05) is 12.1 Å². The first-order chi connectivity index (χ1) is 11.6. The fourth-order valence-electron chi connectivity index (χ4n) is 2.26. The lowest BCUT2D eigenvalue weighted by atomic mass is 10.0. The summed E-state index contributed by atoms with van der Waals surface area (Å²) in [7, 11) is 0. The van der Waals surface area contributed by atoms with Crippen molar-refractivity contribution in [3.8, 4) is 5.75 Å². The minimum Gasteiger partial charge on any atom is -0.484 e. The number of nitrogens with one attached hydrogen (secondary N) is 1. The Labute approximate surface area is 142 Å². The molecular weight excluding hydrogens is 302 g/mol. The van der Waals surface area contributed by atoms with Gasteiger partial charge < -0.3 is 10.1 Å². The van der Waals surface area contributed by atoms with Crippen LogP contribution in [0, 0.1) is 0 Å². The molecule has 0 aliphatic rings. The van der Waals surface area contributed by atoms with Crippen molar-refractivity contribution >= 4 is 12.2 Å². The van der Waals surface area contributed by atoms with Crippen LogP contribution in [-0.4, -0.2) is 25.3 Å². The van der Waals surface area contributed by atoms with Gasteiger partial charge in [-0.15, -0.1) is 0 Å². The lowest BCUT2D eigenvalue weighted by Gasteiger charge is -2.09. The summed E-state index contributed by atoms with van der Waals surface area (Å²) in [6, 6.07) is 15.1. The van der Waals surface area contributed by atoms with Crippen molar-refractivity contribution in [1.29, 1.82) is 0 Å². The van der Waals surface area contributed by atoms with Crippen molar-refractivity contribution in [3.05, 3.63) is 65.2 Å². The molecule has 1 amide bonds. The molecular formula is C20H23NO3. The van der Waals surface area contributed by atoms with Crippen LogP contribution in [0.3, 0.4) is 0 Å². The molecule has 0 unspecified atom stereocenters. The van der Waals surface area contributed by atoms with Crippen LogP contribution in [0.15, 0.2) is 48.5 Å². The second kappa shape index (κ2) is 8.87. The Bertz CT molecular complexity index is 660. The first-order valence-corrected chi connectivity index (χ1v) is 8.12. The van der Waals surface area contributed by atoms with E-state index in [0.717, 1.165) is 12.7 Å². The molecule has 0 aliphatic heterocycles. The Morgan fingerprint density at radius 1 is 1.08 bits per heavy atom. The largest absolute Gasteiger partial charge is 0.484 e. The number of amides is 1. The highest BCUT2D eigenvalue weighted by molar-refractivity contribution is 5.77. The average molecular weight is 325 g/mol. The summed E-state index contributed by atoms with van der Waals surface area (Å²) < 4.78 is 5.38. The Morgan fingerprint density at radius 2 is 1.75 bits per heavy atom. The summed E-state index contributed by atoms with van der Waals surface area (Å²) in [6.45, 7) is 4.88. The van der Waals surface area contributed by atoms with E-state index < -0.39 is 0 Å². The first kappa shape index (κ1) is 17.7. The van der Waals surface area contributed by atoms with Crippen molar-refractivity contribution in [2.24, 2.45) is 0 Å². The zero-order valence-corrected chi connectivity index (χ0v) is 14.1. The molecule has 0 heterocycles. The minimum absolute atomic E-state index is 0.0350. The van der Waals surface area contributed by atoms with Gasteiger partial charge in [-0.1, -0.05) is 38.1 Å². The first-order valence-electron chi connectivity index (χ1n) is 8.12. The second-order valence-electron chi connectivity index (χ2n) is 5.97. The summed E-state index contributed by atoms with van der Waals surface area (Å²) in [5.41, 5.74) is 3.09. The van der Waals surface area contributed by atoms with Gasteiger partial charge in [0.15, 0.2) is 6.61 Å². The molecule has 126 valence electrons. The summed E-state index contributed by atoms with van der Waals surface area (Å²) in [4.78, 5) is 22.3. The fourth-order valence-corrected chi connectivity index (χ4v) is 2.26. The zero-order valence-electron chi connectivity index (χ0n) is 14.1. The standard InChI is InChI=1S/C20H23NO3/c1-15(2)18-7-3-16(4-8-18)11-12-21-20(23)14-24-19-9-5-17(13-22)6-10-19/h3-10,13,15H,11-12,14H2,1-2H3,(H,21,23). The predicted octanol–water partition coefficient (Wildman–Crippen LogP) is 3.36. The van der Waals surface area contributed by atoms with E-state index in [-0.39, 0.29) is 12.5 Å². The predicted molar refractivity (Wildman–Crippen MR) is 94.6 cm³/mol. The Morgan fingerprint density at radius 3 is 2.33 bits per heavy atom. The number of carbonyl (C=O) groups excluding carboxylic acids is 2. The molecule has 0 aliphatic carbocycles. The quantitative estimate of drug-likeness (QED) is 0.757. The summed E-state index contributed by atoms with van der Waals surface area (Å²) >= 11 is 0. The van der Waals surface area contributed by atoms with Crippen LogP contribution >= 0.6 is 0 Å². The Kier molecular flexibility index (Phi) is 6.55. The second-order valence-corrected chi connectivity index (χ2v) is 5.97. The van der Waals surface area contributed by atoms with Gasteiger partial charge in [0.05, 0.1) is 0 Å². The molecule has 0 spiro atoms. The normalized spacial score (nSPS) is 10.5. The van der Waals surface area contributed by atoms with E-state index in [9.17, 15) is 9.59 Å². The summed E-state index contributed by atoms with van der Waals surface area (Å²) in [6.07, 6.45) is 1.56. The van der Waals surface area contributed by atoms with Gasteiger partial charge in [0.2, 0.25) is 0 Å². The summed E-state index contributed by atoms with van der Waals surface area (Å²) in [5, 5.41) is 2.84. The van der Waals surface area contributed by atoms with Crippen LogP contribution in [0.1, 0.15) is 41.3 Å². The van der Waals surface area contributed by atoms with Crippen LogP contribution in [0.4, 0.5) is 0 Å². The molecule has 0 fully saturated rings. The Balaban J connectivity index is 1.69. The molecule has 4 heteroatoms. The van der Waals surface area contributed by atoms with Gasteiger partial charge in [-0.2, -0.15) is 0 Å². The number of rotatable bonds is 8. The van der Waals surface area contributed by atoms with Crippen molar-refractivity contribution in [1.82, 2.24) is 5.32 Å². The number of ether oxygens (including phenoxy) is 1. The molecule has 1 N–H and O–H groups in total. The van der Waals surface area contributed by atoms with Crippen LogP contribution in [0.25, 0.3) is 0 Å². The third kappa shape index (κ3) is 5.54. The molecule has 2 aromatic carbocycles. The molecule has 4 nitrogen and oxygen atoms in total. The highest BCUT2D eigenvalue weighted by Crippen LogP contribution is 2.14. The number of aldehydes is 1. The van der Waals surface area contributed by atoms with Crippen molar-refractivity contribution in [2.75, 3.05) is 13.2 Å². The highest BCUT2D eigenvalue weighted by atomic mass is 16.5. The molecule has 2 rings (SSSR count). The topological polar surface area (TPSA) is 55.4 Å². The van der Waals surface area contributed by atoms with Crippen molar-refractivity contribution in [3.63, 3.8) is 0 Å². The van der Waals surface area contributed by atoms with Gasteiger partial charge in [-0.25, -0.2) is 0 Å². The van der Waals surface area contributed by atoms with E-state index in [4.69, 9.17) is 4.74 Å². The summed E-state index contributed by atoms with van der Waals surface area (Å²) in [5.74, 6) is 0.935. The van der Waals surface area contributed by atoms with Crippen LogP contribution < -0.4 is 10.1 Å². The minimum atomic E-state index is -0.159. The number of carbonyl (C=O) groups is 2. The van der Waals surface area contributed by atoms with E-state index in [1.54, 1.807) is 24.3 Å². The van der Waals surface area contributed by atoms with Crippen molar-refractivity contribution in [2.45, 2.75) is 26.2 Å². The highest BCUT2D eigenvalue weighted by Gasteiger charge is 2.03. The van der Waals surface area contributed by atoms with Gasteiger partial charge in [0.1, 0.15) is 12.0 Å². The lowest BCUT2D eigenvalue weighted by Crippen LogP contribution is -2.30. The maximum atomic E-state index is 11.8. The smallest absolute Gasteiger partial charge is 0.257 e. The monoisotopic (exact) mass is 325 g/mol. The molecule has 2 aromatic rings. The maximum absolute atomic E-state index is 11.8. The van der Waals surface area contributed by atoms with Gasteiger partial charge >= 0.3 is 0 Å². The molecule has 24 heavy (non-hydrogen) atoms. The van der Waals surface area contributed by atoms with E-state index >= 15 is 0 Å². The molecule has 0 saturated carbocycles. The fraction of sp³-hybridized carbons (Fsp3) is 0.300. The number of hydrogen-bond donors (Lipinski definition) is 1. The van der Waals surface area contributed by atoms with E-state index in [2.05, 4.69) is 43.4 Å². The molecule has 0 bridgehead atoms. The van der Waals surface area contributed by atoms with Crippen molar-refractivity contribution < 1.29 is 14.3 Å². The molecule has 0 aromatic heterocycles. The molecule has 0 radical (unpaired) electrons. The van der Waals surface area contributed by atoms with E-state index in [1.165, 1.54) is 11.1 Å². The lowest BCUT2D eigenvalue weighted by molar-refractivity contribution is -0.123. The Hall–Kier alpha value is -2.62. The third-order valence-corrected chi connectivity index (χ3v) is 3.77. The van der Waals surface area contributed by atoms with Gasteiger partial charge in [0.25, 0.3) is 5.91 Å². The van der Waals surface area contributed by atoms with Gasteiger partial charge in [-0.3, -0.25) is 9.59 Å². The number of benzene rings is 2. The SMILES string of the molecule is CC(C)c1ccc(CCNC(=O)COc2ccc(C=O)cc2)cc1. The van der Waals surface area contributed by atoms with Gasteiger partial charge in [-0.05, 0) is 47.7 Å². The van der Waals surface area contributed by atoms with Crippen LogP contribution in [-0.2, 0) is 11.2 Å². The number of hydrogen-bond acceptors (Lipinski definition) is 3. The van der Waals surface area contributed by atoms with Crippen LogP contribution in [0.2, 0.25) is 0 Å². The third-order valence-electron chi connectivity index (χ3n) is 3.77. The maximum Gasteiger partial charge on any atom is 0.257 e. The van der Waals surface area contributed by atoms with E-state index in [0.29, 0.717) is 23.8 Å². The van der Waals surface area contributed by atoms with E-state index in [1.807, 2.05) is 0 Å². The van der Waals surface area contributed by atoms with Crippen LogP contribution in [0.5, 0.6) is 5.75 Å². The zero-order chi connectivity index (χ0) is 17.4. The molecule has 0 atom stereocenters. The molecule has 0 saturated heterocycles.